The molecular weight excluding hydrogens is 279 g/mol. The molecule has 1 N–H and O–H groups in total. The van der Waals surface area contributed by atoms with Crippen LogP contribution in [0.1, 0.15) is 11.1 Å². The molecule has 0 aromatic heterocycles. The second kappa shape index (κ2) is 6.95. The van der Waals surface area contributed by atoms with E-state index in [0.717, 1.165) is 5.56 Å². The standard InChI is InChI=1S/C16H12ClFO2/c17-15-4-1-5-16(18)14(15)11-20-13-8-6-12(7-9-13)3-2-10-19/h1,4-9,19H,10-11H2. The van der Waals surface area contributed by atoms with Crippen molar-refractivity contribution in [1.29, 1.82) is 0 Å². The summed E-state index contributed by atoms with van der Waals surface area (Å²) in [6, 6.07) is 11.5. The van der Waals surface area contributed by atoms with Gasteiger partial charge in [-0.05, 0) is 36.4 Å². The summed E-state index contributed by atoms with van der Waals surface area (Å²) in [7, 11) is 0. The van der Waals surface area contributed by atoms with Crippen LogP contribution in [-0.4, -0.2) is 11.7 Å². The van der Waals surface area contributed by atoms with E-state index in [2.05, 4.69) is 11.8 Å². The smallest absolute Gasteiger partial charge is 0.131 e. The van der Waals surface area contributed by atoms with Crippen LogP contribution in [0.15, 0.2) is 42.5 Å². The van der Waals surface area contributed by atoms with Crippen LogP contribution >= 0.6 is 11.6 Å². The highest BCUT2D eigenvalue weighted by Gasteiger charge is 2.07. The van der Waals surface area contributed by atoms with Gasteiger partial charge in [-0.25, -0.2) is 4.39 Å². The summed E-state index contributed by atoms with van der Waals surface area (Å²) >= 11 is 5.92. The summed E-state index contributed by atoms with van der Waals surface area (Å²) in [5.41, 5.74) is 1.11. The summed E-state index contributed by atoms with van der Waals surface area (Å²) in [5, 5.41) is 8.94. The van der Waals surface area contributed by atoms with Crippen LogP contribution in [0.4, 0.5) is 4.39 Å². The molecule has 0 unspecified atom stereocenters. The van der Waals surface area contributed by atoms with Gasteiger partial charge in [0.25, 0.3) is 0 Å². The molecule has 0 radical (unpaired) electrons. The van der Waals surface area contributed by atoms with E-state index in [1.54, 1.807) is 36.4 Å². The van der Waals surface area contributed by atoms with Crippen molar-refractivity contribution in [1.82, 2.24) is 0 Å². The van der Waals surface area contributed by atoms with Crippen LogP contribution in [0.5, 0.6) is 5.75 Å². The lowest BCUT2D eigenvalue weighted by Gasteiger charge is -2.08. The highest BCUT2D eigenvalue weighted by Crippen LogP contribution is 2.21. The van der Waals surface area contributed by atoms with Gasteiger partial charge in [-0.15, -0.1) is 0 Å². The number of aliphatic hydroxyl groups excluding tert-OH is 1. The van der Waals surface area contributed by atoms with E-state index in [1.807, 2.05) is 0 Å². The first kappa shape index (κ1) is 14.4. The molecule has 2 rings (SSSR count). The van der Waals surface area contributed by atoms with Crippen molar-refractivity contribution in [2.24, 2.45) is 0 Å². The Morgan fingerprint density at radius 3 is 2.55 bits per heavy atom. The van der Waals surface area contributed by atoms with Gasteiger partial charge in [-0.2, -0.15) is 0 Å². The Morgan fingerprint density at radius 2 is 1.90 bits per heavy atom. The van der Waals surface area contributed by atoms with Crippen molar-refractivity contribution in [2.45, 2.75) is 6.61 Å². The van der Waals surface area contributed by atoms with Gasteiger partial charge < -0.3 is 9.84 Å². The fourth-order valence-corrected chi connectivity index (χ4v) is 1.82. The third kappa shape index (κ3) is 3.74. The molecule has 0 aliphatic carbocycles. The molecule has 0 spiro atoms. The molecule has 2 aromatic carbocycles. The maximum atomic E-state index is 13.6. The van der Waals surface area contributed by atoms with E-state index in [0.29, 0.717) is 16.3 Å². The highest BCUT2D eigenvalue weighted by atomic mass is 35.5. The predicted octanol–water partition coefficient (Wildman–Crippen LogP) is 3.40. The Balaban J connectivity index is 2.04. The van der Waals surface area contributed by atoms with Crippen LogP contribution in [0.3, 0.4) is 0 Å². The Hall–Kier alpha value is -2.02. The number of ether oxygens (including phenoxy) is 1. The molecule has 0 bridgehead atoms. The van der Waals surface area contributed by atoms with E-state index >= 15 is 0 Å². The first-order chi connectivity index (χ1) is 9.70. The summed E-state index contributed by atoms with van der Waals surface area (Å²) < 4.78 is 19.0. The molecule has 0 aliphatic rings. The second-order valence-corrected chi connectivity index (χ2v) is 4.38. The number of aliphatic hydroxyl groups is 1. The zero-order chi connectivity index (χ0) is 14.4. The third-order valence-corrected chi connectivity index (χ3v) is 2.97. The van der Waals surface area contributed by atoms with Crippen molar-refractivity contribution in [3.8, 4) is 17.6 Å². The van der Waals surface area contributed by atoms with Crippen molar-refractivity contribution >= 4 is 11.6 Å². The first-order valence-electron chi connectivity index (χ1n) is 5.96. The van der Waals surface area contributed by atoms with Gasteiger partial charge in [0.1, 0.15) is 24.8 Å². The SMILES string of the molecule is OCC#Cc1ccc(OCc2c(F)cccc2Cl)cc1. The molecule has 20 heavy (non-hydrogen) atoms. The number of rotatable bonds is 3. The Bertz CT molecular complexity index is 622. The predicted molar refractivity (Wildman–Crippen MR) is 76.1 cm³/mol. The minimum atomic E-state index is -0.386. The number of hydrogen-bond acceptors (Lipinski definition) is 2. The van der Waals surface area contributed by atoms with Gasteiger partial charge >= 0.3 is 0 Å². The maximum Gasteiger partial charge on any atom is 0.131 e. The van der Waals surface area contributed by atoms with Crippen molar-refractivity contribution in [3.05, 3.63) is 64.4 Å². The van der Waals surface area contributed by atoms with E-state index in [4.69, 9.17) is 21.4 Å². The number of halogens is 2. The van der Waals surface area contributed by atoms with Crippen molar-refractivity contribution in [3.63, 3.8) is 0 Å². The van der Waals surface area contributed by atoms with Gasteiger partial charge in [-0.3, -0.25) is 0 Å². The van der Waals surface area contributed by atoms with E-state index in [1.165, 1.54) is 6.07 Å². The Kier molecular flexibility index (Phi) is 5.00. The molecular formula is C16H12ClFO2. The highest BCUT2D eigenvalue weighted by molar-refractivity contribution is 6.31. The fraction of sp³-hybridized carbons (Fsp3) is 0.125. The van der Waals surface area contributed by atoms with Gasteiger partial charge in [-0.1, -0.05) is 29.5 Å². The quantitative estimate of drug-likeness (QED) is 0.878. The lowest BCUT2D eigenvalue weighted by molar-refractivity contribution is 0.300. The lowest BCUT2D eigenvalue weighted by Crippen LogP contribution is -1.99. The Labute approximate surface area is 121 Å². The van der Waals surface area contributed by atoms with Crippen LogP contribution in [-0.2, 0) is 6.61 Å². The molecule has 0 aliphatic heterocycles. The zero-order valence-electron chi connectivity index (χ0n) is 10.6. The molecule has 0 saturated carbocycles. The molecule has 0 fully saturated rings. The lowest BCUT2D eigenvalue weighted by atomic mass is 10.2. The summed E-state index contributed by atoms with van der Waals surface area (Å²) in [5.74, 6) is 5.54. The van der Waals surface area contributed by atoms with Gasteiger partial charge in [0.15, 0.2) is 0 Å². The summed E-state index contributed by atoms with van der Waals surface area (Å²) in [4.78, 5) is 0. The topological polar surface area (TPSA) is 29.5 Å². The molecule has 2 aromatic rings. The van der Waals surface area contributed by atoms with Crippen LogP contribution < -0.4 is 4.74 Å². The minimum Gasteiger partial charge on any atom is -0.489 e. The molecule has 102 valence electrons. The average molecular weight is 291 g/mol. The van der Waals surface area contributed by atoms with Crippen molar-refractivity contribution in [2.75, 3.05) is 6.61 Å². The fourth-order valence-electron chi connectivity index (χ4n) is 1.60. The molecule has 0 atom stereocenters. The molecule has 4 heteroatoms. The monoisotopic (exact) mass is 290 g/mol. The number of hydrogen-bond donors (Lipinski definition) is 1. The van der Waals surface area contributed by atoms with Crippen LogP contribution in [0.2, 0.25) is 5.02 Å². The van der Waals surface area contributed by atoms with Gasteiger partial charge in [0, 0.05) is 11.1 Å². The first-order valence-corrected chi connectivity index (χ1v) is 6.34. The van der Waals surface area contributed by atoms with Crippen molar-refractivity contribution < 1.29 is 14.2 Å². The van der Waals surface area contributed by atoms with Crippen LogP contribution in [0.25, 0.3) is 0 Å². The summed E-state index contributed by atoms with van der Waals surface area (Å²) in [6.45, 7) is -0.114. The summed E-state index contributed by atoms with van der Waals surface area (Å²) in [6.07, 6.45) is 0. The van der Waals surface area contributed by atoms with E-state index in [9.17, 15) is 4.39 Å². The maximum absolute atomic E-state index is 13.6. The largest absolute Gasteiger partial charge is 0.489 e. The molecule has 0 saturated heterocycles. The Morgan fingerprint density at radius 1 is 1.15 bits per heavy atom. The molecule has 0 heterocycles. The normalized spacial score (nSPS) is 9.75. The molecule has 2 nitrogen and oxygen atoms in total. The number of benzene rings is 2. The molecule has 0 amide bonds. The van der Waals surface area contributed by atoms with Gasteiger partial charge in [0.05, 0.1) is 5.02 Å². The van der Waals surface area contributed by atoms with Crippen LogP contribution in [0, 0.1) is 17.7 Å². The zero-order valence-corrected chi connectivity index (χ0v) is 11.3. The third-order valence-electron chi connectivity index (χ3n) is 2.61. The van der Waals surface area contributed by atoms with Gasteiger partial charge in [0.2, 0.25) is 0 Å². The average Bonchev–Trinajstić information content (AvgIpc) is 2.46. The second-order valence-electron chi connectivity index (χ2n) is 3.97. The van der Waals surface area contributed by atoms with E-state index < -0.39 is 0 Å². The minimum absolute atomic E-state index is 0.0627. The van der Waals surface area contributed by atoms with E-state index in [-0.39, 0.29) is 19.0 Å².